The van der Waals surface area contributed by atoms with E-state index in [0.29, 0.717) is 13.2 Å². The van der Waals surface area contributed by atoms with Gasteiger partial charge in [-0.3, -0.25) is 0 Å². The fourth-order valence-corrected chi connectivity index (χ4v) is 1.76. The molecule has 1 aromatic carbocycles. The van der Waals surface area contributed by atoms with E-state index in [0.717, 1.165) is 22.6 Å². The zero-order valence-electron chi connectivity index (χ0n) is 11.5. The van der Waals surface area contributed by atoms with Crippen LogP contribution in [0, 0.1) is 23.7 Å². The van der Waals surface area contributed by atoms with E-state index in [2.05, 4.69) is 36.8 Å². The highest BCUT2D eigenvalue weighted by molar-refractivity contribution is 7.99. The lowest BCUT2D eigenvalue weighted by Crippen LogP contribution is -1.90. The Balaban J connectivity index is 2.43. The van der Waals surface area contributed by atoms with Crippen molar-refractivity contribution in [3.05, 3.63) is 60.7 Å². The summed E-state index contributed by atoms with van der Waals surface area (Å²) in [4.78, 5) is 0. The standard InChI is InChI=1S/C18H18OS/c1-3-13-19-14-5-7-17-9-11-18(12-10-17)8-6-16-20-15-4-2/h3-4,9-12H,1-2,13-16H2. The first-order valence-electron chi connectivity index (χ1n) is 6.32. The van der Waals surface area contributed by atoms with Crippen LogP contribution in [0.2, 0.25) is 0 Å². The third-order valence-electron chi connectivity index (χ3n) is 2.17. The molecule has 2 heteroatoms. The molecule has 20 heavy (non-hydrogen) atoms. The van der Waals surface area contributed by atoms with Crippen molar-refractivity contribution in [1.29, 1.82) is 0 Å². The summed E-state index contributed by atoms with van der Waals surface area (Å²) in [6, 6.07) is 7.92. The van der Waals surface area contributed by atoms with Gasteiger partial charge in [0, 0.05) is 16.9 Å². The van der Waals surface area contributed by atoms with E-state index >= 15 is 0 Å². The summed E-state index contributed by atoms with van der Waals surface area (Å²) in [7, 11) is 0. The lowest BCUT2D eigenvalue weighted by molar-refractivity contribution is 0.199. The molecule has 1 nitrogen and oxygen atoms in total. The predicted octanol–water partition coefficient (Wildman–Crippen LogP) is 3.51. The topological polar surface area (TPSA) is 9.23 Å². The van der Waals surface area contributed by atoms with Crippen molar-refractivity contribution in [2.24, 2.45) is 0 Å². The highest BCUT2D eigenvalue weighted by Gasteiger charge is 1.88. The van der Waals surface area contributed by atoms with Gasteiger partial charge in [0.2, 0.25) is 0 Å². The molecule has 0 bridgehead atoms. The Morgan fingerprint density at radius 1 is 1.00 bits per heavy atom. The molecule has 0 saturated heterocycles. The normalized spacial score (nSPS) is 8.80. The van der Waals surface area contributed by atoms with Crippen LogP contribution in [-0.4, -0.2) is 24.7 Å². The summed E-state index contributed by atoms with van der Waals surface area (Å²) in [5, 5.41) is 0. The molecule has 0 N–H and O–H groups in total. The molecule has 0 aliphatic heterocycles. The third-order valence-corrected chi connectivity index (χ3v) is 2.99. The van der Waals surface area contributed by atoms with E-state index in [9.17, 15) is 0 Å². The lowest BCUT2D eigenvalue weighted by Gasteiger charge is -1.93. The molecular formula is C18H18OS. The van der Waals surface area contributed by atoms with Crippen molar-refractivity contribution < 1.29 is 4.74 Å². The number of hydrogen-bond acceptors (Lipinski definition) is 2. The molecule has 0 aliphatic rings. The van der Waals surface area contributed by atoms with Crippen LogP contribution in [0.5, 0.6) is 0 Å². The van der Waals surface area contributed by atoms with Gasteiger partial charge in [-0.25, -0.2) is 0 Å². The van der Waals surface area contributed by atoms with Crippen molar-refractivity contribution in [3.63, 3.8) is 0 Å². The van der Waals surface area contributed by atoms with Crippen LogP contribution in [0.1, 0.15) is 11.1 Å². The van der Waals surface area contributed by atoms with Crippen LogP contribution >= 0.6 is 11.8 Å². The van der Waals surface area contributed by atoms with Gasteiger partial charge in [-0.2, -0.15) is 0 Å². The van der Waals surface area contributed by atoms with Crippen LogP contribution in [0.3, 0.4) is 0 Å². The van der Waals surface area contributed by atoms with Crippen molar-refractivity contribution in [2.45, 2.75) is 0 Å². The molecule has 1 aromatic rings. The summed E-state index contributed by atoms with van der Waals surface area (Å²) >= 11 is 1.76. The predicted molar refractivity (Wildman–Crippen MR) is 88.7 cm³/mol. The Bertz CT molecular complexity index is 484. The van der Waals surface area contributed by atoms with Crippen LogP contribution in [0.15, 0.2) is 49.6 Å². The quantitative estimate of drug-likeness (QED) is 0.448. The SMILES string of the molecule is C=CCOCC#Cc1ccc(C#CCSCC=C)cc1. The highest BCUT2D eigenvalue weighted by Crippen LogP contribution is 2.02. The molecule has 1 rings (SSSR count). The van der Waals surface area contributed by atoms with Crippen molar-refractivity contribution in [2.75, 3.05) is 24.7 Å². The Hall–Kier alpha value is -1.87. The molecule has 0 aromatic heterocycles. The van der Waals surface area contributed by atoms with Gasteiger partial charge in [0.25, 0.3) is 0 Å². The first-order chi connectivity index (χ1) is 9.86. The maximum Gasteiger partial charge on any atom is 0.108 e. The molecule has 0 heterocycles. The van der Waals surface area contributed by atoms with Gasteiger partial charge in [0.05, 0.1) is 12.4 Å². The summed E-state index contributed by atoms with van der Waals surface area (Å²) in [5.41, 5.74) is 1.98. The number of hydrogen-bond donors (Lipinski definition) is 0. The van der Waals surface area contributed by atoms with E-state index in [1.54, 1.807) is 17.8 Å². The van der Waals surface area contributed by atoms with Gasteiger partial charge in [-0.05, 0) is 24.3 Å². The Morgan fingerprint density at radius 3 is 2.25 bits per heavy atom. The highest BCUT2D eigenvalue weighted by atomic mass is 32.2. The molecule has 102 valence electrons. The Labute approximate surface area is 126 Å². The van der Waals surface area contributed by atoms with Crippen molar-refractivity contribution in [3.8, 4) is 23.7 Å². The van der Waals surface area contributed by atoms with Gasteiger partial charge in [0.1, 0.15) is 6.61 Å². The maximum atomic E-state index is 5.19. The average molecular weight is 282 g/mol. The van der Waals surface area contributed by atoms with Gasteiger partial charge < -0.3 is 4.74 Å². The summed E-state index contributed by atoms with van der Waals surface area (Å²) < 4.78 is 5.19. The minimum Gasteiger partial charge on any atom is -0.365 e. The van der Waals surface area contributed by atoms with Crippen LogP contribution in [-0.2, 0) is 4.74 Å². The fourth-order valence-electron chi connectivity index (χ4n) is 1.30. The van der Waals surface area contributed by atoms with E-state index in [1.807, 2.05) is 30.3 Å². The molecular weight excluding hydrogens is 264 g/mol. The molecule has 0 unspecified atom stereocenters. The number of benzene rings is 1. The second kappa shape index (κ2) is 11.0. The van der Waals surface area contributed by atoms with E-state index in [1.165, 1.54) is 0 Å². The van der Waals surface area contributed by atoms with Gasteiger partial charge >= 0.3 is 0 Å². The van der Waals surface area contributed by atoms with Crippen molar-refractivity contribution >= 4 is 11.8 Å². The third kappa shape index (κ3) is 7.54. The van der Waals surface area contributed by atoms with E-state index in [4.69, 9.17) is 4.74 Å². The molecule has 0 atom stereocenters. The fraction of sp³-hybridized carbons (Fsp3) is 0.222. The molecule has 0 aliphatic carbocycles. The minimum absolute atomic E-state index is 0.425. The van der Waals surface area contributed by atoms with E-state index < -0.39 is 0 Å². The number of thioether (sulfide) groups is 1. The monoisotopic (exact) mass is 282 g/mol. The van der Waals surface area contributed by atoms with E-state index in [-0.39, 0.29) is 0 Å². The molecule has 0 spiro atoms. The van der Waals surface area contributed by atoms with Gasteiger partial charge in [-0.1, -0.05) is 35.8 Å². The Morgan fingerprint density at radius 2 is 1.65 bits per heavy atom. The van der Waals surface area contributed by atoms with Crippen LogP contribution in [0.4, 0.5) is 0 Å². The Kier molecular flexibility index (Phi) is 8.90. The molecule has 0 radical (unpaired) electrons. The number of rotatable bonds is 6. The number of ether oxygens (including phenoxy) is 1. The largest absolute Gasteiger partial charge is 0.365 e. The molecule has 0 saturated carbocycles. The minimum atomic E-state index is 0.425. The zero-order chi connectivity index (χ0) is 14.5. The summed E-state index contributed by atoms with van der Waals surface area (Å²) in [6.45, 7) is 8.21. The average Bonchev–Trinajstić information content (AvgIpc) is 2.48. The first kappa shape index (κ1) is 16.2. The molecule has 0 fully saturated rings. The first-order valence-corrected chi connectivity index (χ1v) is 7.47. The maximum absolute atomic E-state index is 5.19. The van der Waals surface area contributed by atoms with Crippen LogP contribution < -0.4 is 0 Å². The second-order valence-corrected chi connectivity index (χ2v) is 4.82. The second-order valence-electron chi connectivity index (χ2n) is 3.79. The summed E-state index contributed by atoms with van der Waals surface area (Å²) in [6.07, 6.45) is 3.60. The van der Waals surface area contributed by atoms with Gasteiger partial charge in [0.15, 0.2) is 0 Å². The zero-order valence-corrected chi connectivity index (χ0v) is 12.3. The van der Waals surface area contributed by atoms with Crippen molar-refractivity contribution in [1.82, 2.24) is 0 Å². The van der Waals surface area contributed by atoms with Gasteiger partial charge in [-0.15, -0.1) is 24.9 Å². The smallest absolute Gasteiger partial charge is 0.108 e. The molecule has 0 amide bonds. The summed E-state index contributed by atoms with van der Waals surface area (Å²) in [5.74, 6) is 14.0. The lowest BCUT2D eigenvalue weighted by atomic mass is 10.1. The van der Waals surface area contributed by atoms with Crippen LogP contribution in [0.25, 0.3) is 0 Å².